The fourth-order valence-electron chi connectivity index (χ4n) is 1.29. The van der Waals surface area contributed by atoms with Crippen molar-refractivity contribution < 1.29 is 4.74 Å². The van der Waals surface area contributed by atoms with Gasteiger partial charge >= 0.3 is 0 Å². The van der Waals surface area contributed by atoms with Crippen LogP contribution in [0.2, 0.25) is 0 Å². The molecular weight excluding hydrogens is 198 g/mol. The maximum Gasteiger partial charge on any atom is 0.0478 e. The van der Waals surface area contributed by atoms with Crippen molar-refractivity contribution in [1.29, 1.82) is 0 Å². The van der Waals surface area contributed by atoms with Crippen LogP contribution in [0.1, 0.15) is 53.9 Å². The minimum atomic E-state index is 0.810. The highest BCUT2D eigenvalue weighted by molar-refractivity contribution is 4.48. The average molecular weight is 231 g/mol. The first-order valence-corrected chi connectivity index (χ1v) is 6.93. The molecule has 0 saturated carbocycles. The molecule has 0 radical (unpaired) electrons. The third-order valence-electron chi connectivity index (χ3n) is 2.44. The highest BCUT2D eigenvalue weighted by Gasteiger charge is 1.96. The lowest BCUT2D eigenvalue weighted by Gasteiger charge is -2.13. The smallest absolute Gasteiger partial charge is 0.0478 e. The Kier molecular flexibility index (Phi) is 17.1. The molecule has 0 amide bonds. The van der Waals surface area contributed by atoms with Crippen LogP contribution in [0, 0.1) is 5.92 Å². The zero-order valence-electron chi connectivity index (χ0n) is 12.4. The normalized spacial score (nSPS) is 10.5. The van der Waals surface area contributed by atoms with Gasteiger partial charge in [0, 0.05) is 19.8 Å². The van der Waals surface area contributed by atoms with Gasteiger partial charge in [0.2, 0.25) is 0 Å². The van der Waals surface area contributed by atoms with Crippen LogP contribution in [-0.4, -0.2) is 38.3 Å². The quantitative estimate of drug-likeness (QED) is 0.560. The van der Waals surface area contributed by atoms with Gasteiger partial charge in [0.05, 0.1) is 0 Å². The minimum Gasteiger partial charge on any atom is -0.381 e. The Morgan fingerprint density at radius 1 is 1.06 bits per heavy atom. The van der Waals surface area contributed by atoms with Crippen LogP contribution in [0.3, 0.4) is 0 Å². The molecule has 0 aliphatic rings. The molecular formula is C14H33NO. The molecule has 100 valence electrons. The van der Waals surface area contributed by atoms with Crippen molar-refractivity contribution in [3.8, 4) is 0 Å². The van der Waals surface area contributed by atoms with Gasteiger partial charge in [-0.25, -0.2) is 0 Å². The third-order valence-corrected chi connectivity index (χ3v) is 2.44. The van der Waals surface area contributed by atoms with Crippen molar-refractivity contribution >= 4 is 0 Å². The Labute approximate surface area is 103 Å². The van der Waals surface area contributed by atoms with Gasteiger partial charge in [-0.3, -0.25) is 0 Å². The van der Waals surface area contributed by atoms with Crippen LogP contribution in [0.15, 0.2) is 0 Å². The van der Waals surface area contributed by atoms with Gasteiger partial charge in [-0.1, -0.05) is 34.6 Å². The number of rotatable bonds is 9. The van der Waals surface area contributed by atoms with Gasteiger partial charge in [-0.2, -0.15) is 0 Å². The average Bonchev–Trinajstić information content (AvgIpc) is 2.29. The molecule has 0 heterocycles. The first-order valence-electron chi connectivity index (χ1n) is 6.93. The molecule has 0 bridgehead atoms. The summed E-state index contributed by atoms with van der Waals surface area (Å²) in [4.78, 5) is 2.32. The van der Waals surface area contributed by atoms with E-state index >= 15 is 0 Å². The molecule has 16 heavy (non-hydrogen) atoms. The lowest BCUT2D eigenvalue weighted by molar-refractivity contribution is 0.118. The van der Waals surface area contributed by atoms with E-state index in [2.05, 4.69) is 32.7 Å². The predicted molar refractivity (Wildman–Crippen MR) is 74.0 cm³/mol. The molecule has 0 fully saturated rings. The van der Waals surface area contributed by atoms with Gasteiger partial charge in [0.25, 0.3) is 0 Å². The highest BCUT2D eigenvalue weighted by Crippen LogP contribution is 2.03. The highest BCUT2D eigenvalue weighted by atomic mass is 16.5. The molecule has 0 atom stereocenters. The van der Waals surface area contributed by atoms with E-state index in [0.29, 0.717) is 0 Å². The zero-order valence-corrected chi connectivity index (χ0v) is 12.4. The van der Waals surface area contributed by atoms with E-state index in [1.54, 1.807) is 0 Å². The molecule has 0 aliphatic carbocycles. The fraction of sp³-hybridized carbons (Fsp3) is 1.00. The number of hydrogen-bond acceptors (Lipinski definition) is 2. The molecule has 2 nitrogen and oxygen atoms in total. The van der Waals surface area contributed by atoms with Crippen molar-refractivity contribution in [1.82, 2.24) is 4.90 Å². The molecule has 0 N–H and O–H groups in total. The predicted octanol–water partition coefficient (Wildman–Crippen LogP) is 3.81. The standard InChI is InChI=1S/C12H27NO.C2H6/c1-5-13(4)9-7-11-14-10-6-8-12(2)3;1-2/h12H,5-11H2,1-4H3;1-2H3. The molecule has 0 aromatic heterocycles. The van der Waals surface area contributed by atoms with Crippen LogP contribution < -0.4 is 0 Å². The summed E-state index contributed by atoms with van der Waals surface area (Å²) in [6, 6.07) is 0. The lowest BCUT2D eigenvalue weighted by atomic mass is 10.1. The van der Waals surface area contributed by atoms with Crippen molar-refractivity contribution in [3.63, 3.8) is 0 Å². The second-order valence-corrected chi connectivity index (χ2v) is 4.40. The Bertz CT molecular complexity index is 115. The van der Waals surface area contributed by atoms with E-state index in [1.165, 1.54) is 12.8 Å². The first-order chi connectivity index (χ1) is 7.66. The second-order valence-electron chi connectivity index (χ2n) is 4.40. The lowest BCUT2D eigenvalue weighted by Crippen LogP contribution is -2.20. The molecule has 0 aliphatic heterocycles. The maximum absolute atomic E-state index is 5.55. The molecule has 0 spiro atoms. The summed E-state index contributed by atoms with van der Waals surface area (Å²) in [6.45, 7) is 14.8. The van der Waals surface area contributed by atoms with Crippen LogP contribution >= 0.6 is 0 Å². The van der Waals surface area contributed by atoms with E-state index in [0.717, 1.165) is 38.6 Å². The van der Waals surface area contributed by atoms with Crippen molar-refractivity contribution in [2.45, 2.75) is 53.9 Å². The van der Waals surface area contributed by atoms with E-state index in [1.807, 2.05) is 13.8 Å². The summed E-state index contributed by atoms with van der Waals surface area (Å²) in [5.41, 5.74) is 0. The summed E-state index contributed by atoms with van der Waals surface area (Å²) >= 11 is 0. The summed E-state index contributed by atoms with van der Waals surface area (Å²) in [7, 11) is 2.15. The van der Waals surface area contributed by atoms with Crippen LogP contribution in [0.4, 0.5) is 0 Å². The third kappa shape index (κ3) is 16.4. The van der Waals surface area contributed by atoms with E-state index in [9.17, 15) is 0 Å². The van der Waals surface area contributed by atoms with Crippen molar-refractivity contribution in [3.05, 3.63) is 0 Å². The van der Waals surface area contributed by atoms with Gasteiger partial charge in [0.15, 0.2) is 0 Å². The minimum absolute atomic E-state index is 0.810. The van der Waals surface area contributed by atoms with E-state index in [-0.39, 0.29) is 0 Å². The maximum atomic E-state index is 5.55. The monoisotopic (exact) mass is 231 g/mol. The number of nitrogens with zero attached hydrogens (tertiary/aromatic N) is 1. The number of hydrogen-bond donors (Lipinski definition) is 0. The van der Waals surface area contributed by atoms with Gasteiger partial charge in [0.1, 0.15) is 0 Å². The molecule has 0 aromatic rings. The second kappa shape index (κ2) is 14.9. The molecule has 0 unspecified atom stereocenters. The Morgan fingerprint density at radius 3 is 2.12 bits per heavy atom. The van der Waals surface area contributed by atoms with E-state index < -0.39 is 0 Å². The van der Waals surface area contributed by atoms with Gasteiger partial charge in [-0.15, -0.1) is 0 Å². The van der Waals surface area contributed by atoms with Gasteiger partial charge < -0.3 is 9.64 Å². The molecule has 2 heteroatoms. The van der Waals surface area contributed by atoms with Crippen LogP contribution in [0.25, 0.3) is 0 Å². The van der Waals surface area contributed by atoms with Crippen LogP contribution in [-0.2, 0) is 4.74 Å². The summed E-state index contributed by atoms with van der Waals surface area (Å²) < 4.78 is 5.55. The van der Waals surface area contributed by atoms with Crippen molar-refractivity contribution in [2.24, 2.45) is 5.92 Å². The molecule has 0 rings (SSSR count). The SMILES string of the molecule is CC.CCN(C)CCCOCCCC(C)C. The van der Waals surface area contributed by atoms with E-state index in [4.69, 9.17) is 4.74 Å². The largest absolute Gasteiger partial charge is 0.381 e. The number of ether oxygens (including phenoxy) is 1. The summed E-state index contributed by atoms with van der Waals surface area (Å²) in [5, 5.41) is 0. The molecule has 0 saturated heterocycles. The Balaban J connectivity index is 0. The van der Waals surface area contributed by atoms with Crippen LogP contribution in [0.5, 0.6) is 0 Å². The fourth-order valence-corrected chi connectivity index (χ4v) is 1.29. The Hall–Kier alpha value is -0.0800. The molecule has 0 aromatic carbocycles. The first kappa shape index (κ1) is 18.3. The zero-order chi connectivity index (χ0) is 12.8. The van der Waals surface area contributed by atoms with Gasteiger partial charge in [-0.05, 0) is 38.8 Å². The topological polar surface area (TPSA) is 12.5 Å². The van der Waals surface area contributed by atoms with Crippen molar-refractivity contribution in [2.75, 3.05) is 33.4 Å². The summed E-state index contributed by atoms with van der Waals surface area (Å²) in [5.74, 6) is 0.810. The summed E-state index contributed by atoms with van der Waals surface area (Å²) in [6.07, 6.45) is 3.65. The Morgan fingerprint density at radius 2 is 1.62 bits per heavy atom.